The molecular formula is C18H30O4. The zero-order valence-corrected chi connectivity index (χ0v) is 13.7. The molecule has 0 saturated heterocycles. The summed E-state index contributed by atoms with van der Waals surface area (Å²) in [6.07, 6.45) is 16.2. The summed E-state index contributed by atoms with van der Waals surface area (Å²) >= 11 is 0. The Bertz CT molecular complexity index is 358. The van der Waals surface area contributed by atoms with E-state index in [1.807, 2.05) is 18.2 Å². The van der Waals surface area contributed by atoms with Crippen LogP contribution in [0.3, 0.4) is 0 Å². The first-order valence-corrected chi connectivity index (χ1v) is 8.32. The molecule has 2 N–H and O–H groups in total. The predicted octanol–water partition coefficient (Wildman–Crippen LogP) is 4.81. The molecule has 1 unspecified atom stereocenters. The Morgan fingerprint density at radius 2 is 1.41 bits per heavy atom. The average molecular weight is 310 g/mol. The number of carboxylic acids is 2. The molecule has 0 aliphatic carbocycles. The topological polar surface area (TPSA) is 74.6 Å². The Morgan fingerprint density at radius 1 is 0.864 bits per heavy atom. The summed E-state index contributed by atoms with van der Waals surface area (Å²) < 4.78 is 0. The third kappa shape index (κ3) is 13.4. The van der Waals surface area contributed by atoms with Crippen LogP contribution in [0.2, 0.25) is 0 Å². The normalized spacial score (nSPS) is 13.0. The summed E-state index contributed by atoms with van der Waals surface area (Å²) in [5.41, 5.74) is 0. The van der Waals surface area contributed by atoms with Crippen molar-refractivity contribution in [3.05, 3.63) is 24.3 Å². The molecule has 4 heteroatoms. The minimum atomic E-state index is -0.763. The molecule has 22 heavy (non-hydrogen) atoms. The highest BCUT2D eigenvalue weighted by molar-refractivity contribution is 5.70. The lowest BCUT2D eigenvalue weighted by atomic mass is 10.00. The lowest BCUT2D eigenvalue weighted by Crippen LogP contribution is -2.11. The van der Waals surface area contributed by atoms with Gasteiger partial charge in [-0.3, -0.25) is 9.59 Å². The molecule has 0 aromatic rings. The van der Waals surface area contributed by atoms with Gasteiger partial charge < -0.3 is 10.2 Å². The molecule has 0 aliphatic heterocycles. The van der Waals surface area contributed by atoms with Crippen LogP contribution in [0.1, 0.15) is 71.1 Å². The predicted molar refractivity (Wildman–Crippen MR) is 88.9 cm³/mol. The first-order valence-electron chi connectivity index (χ1n) is 8.32. The lowest BCUT2D eigenvalue weighted by Gasteiger charge is -2.06. The highest BCUT2D eigenvalue weighted by Gasteiger charge is 2.13. The highest BCUT2D eigenvalue weighted by Crippen LogP contribution is 2.12. The van der Waals surface area contributed by atoms with Crippen LogP contribution < -0.4 is 0 Å². The van der Waals surface area contributed by atoms with Crippen molar-refractivity contribution in [1.82, 2.24) is 0 Å². The standard InChI is InChI=1S/C18H30O4/c1-2-3-4-5-7-10-13-16(18(21)22)14-11-8-6-9-12-15-17(19)20/h7-8,10-11,16H,2-6,9,12-15H2,1H3,(H,19,20)(H,21,22)/b10-7-,11-8-. The van der Waals surface area contributed by atoms with Gasteiger partial charge in [-0.25, -0.2) is 0 Å². The van der Waals surface area contributed by atoms with Gasteiger partial charge in [0.2, 0.25) is 0 Å². The maximum absolute atomic E-state index is 11.2. The van der Waals surface area contributed by atoms with E-state index < -0.39 is 11.9 Å². The van der Waals surface area contributed by atoms with Gasteiger partial charge in [-0.05, 0) is 44.9 Å². The van der Waals surface area contributed by atoms with Crippen molar-refractivity contribution in [3.63, 3.8) is 0 Å². The van der Waals surface area contributed by atoms with Crippen molar-refractivity contribution in [3.8, 4) is 0 Å². The molecule has 0 rings (SSSR count). The molecule has 0 aromatic heterocycles. The largest absolute Gasteiger partial charge is 0.481 e. The quantitative estimate of drug-likeness (QED) is 0.357. The summed E-state index contributed by atoms with van der Waals surface area (Å²) in [6, 6.07) is 0. The van der Waals surface area contributed by atoms with Crippen molar-refractivity contribution in [2.45, 2.75) is 71.1 Å². The summed E-state index contributed by atoms with van der Waals surface area (Å²) in [5, 5.41) is 17.7. The number of carbonyl (C=O) groups is 2. The van der Waals surface area contributed by atoms with Gasteiger partial charge in [0.1, 0.15) is 0 Å². The van der Waals surface area contributed by atoms with Crippen molar-refractivity contribution in [2.75, 3.05) is 0 Å². The number of aliphatic carboxylic acids is 2. The minimum absolute atomic E-state index is 0.203. The zero-order valence-electron chi connectivity index (χ0n) is 13.7. The fourth-order valence-corrected chi connectivity index (χ4v) is 2.11. The lowest BCUT2D eigenvalue weighted by molar-refractivity contribution is -0.141. The van der Waals surface area contributed by atoms with E-state index in [2.05, 4.69) is 13.0 Å². The molecule has 0 spiro atoms. The minimum Gasteiger partial charge on any atom is -0.481 e. The summed E-state index contributed by atoms with van der Waals surface area (Å²) in [5.74, 6) is -1.88. The number of allylic oxidation sites excluding steroid dienone is 4. The fourth-order valence-electron chi connectivity index (χ4n) is 2.11. The van der Waals surface area contributed by atoms with Crippen LogP contribution in [0, 0.1) is 5.92 Å². The summed E-state index contributed by atoms with van der Waals surface area (Å²) in [6.45, 7) is 2.16. The second-order valence-corrected chi connectivity index (χ2v) is 5.58. The molecule has 0 amide bonds. The Hall–Kier alpha value is -1.58. The maximum Gasteiger partial charge on any atom is 0.307 e. The van der Waals surface area contributed by atoms with Gasteiger partial charge in [-0.15, -0.1) is 0 Å². The van der Waals surface area contributed by atoms with E-state index >= 15 is 0 Å². The van der Waals surface area contributed by atoms with Gasteiger partial charge in [0.25, 0.3) is 0 Å². The Balaban J connectivity index is 3.84. The first kappa shape index (κ1) is 20.4. The van der Waals surface area contributed by atoms with E-state index in [1.54, 1.807) is 0 Å². The van der Waals surface area contributed by atoms with Gasteiger partial charge >= 0.3 is 11.9 Å². The van der Waals surface area contributed by atoms with Crippen LogP contribution in [0.4, 0.5) is 0 Å². The Kier molecular flexibility index (Phi) is 13.3. The van der Waals surface area contributed by atoms with E-state index in [0.717, 1.165) is 19.3 Å². The number of hydrogen-bond acceptors (Lipinski definition) is 2. The third-order valence-electron chi connectivity index (χ3n) is 3.51. The first-order chi connectivity index (χ1) is 10.6. The molecule has 0 heterocycles. The maximum atomic E-state index is 11.2. The molecule has 0 aliphatic rings. The van der Waals surface area contributed by atoms with Crippen molar-refractivity contribution < 1.29 is 19.8 Å². The SMILES string of the molecule is CCCCC/C=C\CC(C/C=C\CCCCC(=O)O)C(=O)O. The van der Waals surface area contributed by atoms with Gasteiger partial charge in [-0.1, -0.05) is 44.1 Å². The Morgan fingerprint density at radius 3 is 1.86 bits per heavy atom. The van der Waals surface area contributed by atoms with Crippen LogP contribution in [-0.4, -0.2) is 22.2 Å². The second kappa shape index (κ2) is 14.4. The van der Waals surface area contributed by atoms with E-state index in [0.29, 0.717) is 19.3 Å². The number of unbranched alkanes of at least 4 members (excludes halogenated alkanes) is 5. The molecule has 0 fully saturated rings. The van der Waals surface area contributed by atoms with Crippen LogP contribution in [0.25, 0.3) is 0 Å². The van der Waals surface area contributed by atoms with Crippen LogP contribution >= 0.6 is 0 Å². The molecule has 0 bridgehead atoms. The van der Waals surface area contributed by atoms with Crippen LogP contribution in [0.5, 0.6) is 0 Å². The van der Waals surface area contributed by atoms with Crippen LogP contribution in [0.15, 0.2) is 24.3 Å². The van der Waals surface area contributed by atoms with Crippen molar-refractivity contribution in [2.24, 2.45) is 5.92 Å². The zero-order chi connectivity index (χ0) is 16.6. The number of hydrogen-bond donors (Lipinski definition) is 2. The monoisotopic (exact) mass is 310 g/mol. The van der Waals surface area contributed by atoms with E-state index in [-0.39, 0.29) is 12.3 Å². The molecule has 0 aromatic carbocycles. The summed E-state index contributed by atoms with van der Waals surface area (Å²) in [7, 11) is 0. The van der Waals surface area contributed by atoms with Gasteiger partial charge in [-0.2, -0.15) is 0 Å². The van der Waals surface area contributed by atoms with E-state index in [4.69, 9.17) is 5.11 Å². The summed E-state index contributed by atoms with van der Waals surface area (Å²) in [4.78, 5) is 21.5. The van der Waals surface area contributed by atoms with Gasteiger partial charge in [0, 0.05) is 6.42 Å². The van der Waals surface area contributed by atoms with E-state index in [1.165, 1.54) is 19.3 Å². The molecule has 0 radical (unpaired) electrons. The molecular weight excluding hydrogens is 280 g/mol. The van der Waals surface area contributed by atoms with Crippen molar-refractivity contribution in [1.29, 1.82) is 0 Å². The molecule has 0 saturated carbocycles. The smallest absolute Gasteiger partial charge is 0.307 e. The molecule has 126 valence electrons. The average Bonchev–Trinajstić information content (AvgIpc) is 2.46. The highest BCUT2D eigenvalue weighted by atomic mass is 16.4. The van der Waals surface area contributed by atoms with E-state index in [9.17, 15) is 14.7 Å². The number of rotatable bonds is 14. The van der Waals surface area contributed by atoms with Gasteiger partial charge in [0.15, 0.2) is 0 Å². The molecule has 1 atom stereocenters. The third-order valence-corrected chi connectivity index (χ3v) is 3.51. The Labute approximate surface area is 133 Å². The van der Waals surface area contributed by atoms with Crippen LogP contribution in [-0.2, 0) is 9.59 Å². The van der Waals surface area contributed by atoms with Crippen molar-refractivity contribution >= 4 is 11.9 Å². The second-order valence-electron chi connectivity index (χ2n) is 5.58. The molecule has 4 nitrogen and oxygen atoms in total. The fraction of sp³-hybridized carbons (Fsp3) is 0.667. The van der Waals surface area contributed by atoms with Gasteiger partial charge in [0.05, 0.1) is 5.92 Å². The number of carboxylic acid groups (broad SMARTS) is 2.